The highest BCUT2D eigenvalue weighted by atomic mass is 16.5. The first-order valence-corrected chi connectivity index (χ1v) is 5.76. The van der Waals surface area contributed by atoms with Crippen LogP contribution in [0.3, 0.4) is 0 Å². The maximum Gasteiger partial charge on any atom is 0.330 e. The Kier molecular flexibility index (Phi) is 3.93. The fourth-order valence-corrected chi connectivity index (χ4v) is 1.61. The molecule has 1 unspecified atom stereocenters. The molecule has 1 aliphatic rings. The molecule has 1 aromatic heterocycles. The Balaban J connectivity index is 1.95. The molecule has 1 saturated heterocycles. The van der Waals surface area contributed by atoms with E-state index >= 15 is 0 Å². The highest BCUT2D eigenvalue weighted by Crippen LogP contribution is 2.14. The zero-order chi connectivity index (χ0) is 12.1. The van der Waals surface area contributed by atoms with Crippen LogP contribution in [0.15, 0.2) is 18.6 Å². The average molecular weight is 236 g/mol. The molecular weight excluding hydrogens is 220 g/mol. The van der Waals surface area contributed by atoms with Crippen LogP contribution in [-0.4, -0.2) is 34.8 Å². The number of hydrogen-bond acceptors (Lipinski definition) is 4. The monoisotopic (exact) mass is 236 g/mol. The smallest absolute Gasteiger partial charge is 0.330 e. The van der Waals surface area contributed by atoms with Gasteiger partial charge in [-0.1, -0.05) is 0 Å². The zero-order valence-corrected chi connectivity index (χ0v) is 9.83. The van der Waals surface area contributed by atoms with Crippen molar-refractivity contribution in [2.75, 3.05) is 13.2 Å². The highest BCUT2D eigenvalue weighted by Gasteiger charge is 2.18. The Hall–Kier alpha value is -1.62. The summed E-state index contributed by atoms with van der Waals surface area (Å²) in [5, 5.41) is 0. The van der Waals surface area contributed by atoms with E-state index in [2.05, 4.69) is 4.98 Å². The molecule has 5 nitrogen and oxygen atoms in total. The number of ether oxygens (including phenoxy) is 2. The average Bonchev–Trinajstić information content (AvgIpc) is 2.68. The summed E-state index contributed by atoms with van der Waals surface area (Å²) in [6.07, 6.45) is 7.95. The first kappa shape index (κ1) is 11.9. The lowest BCUT2D eigenvalue weighted by Crippen LogP contribution is -2.31. The van der Waals surface area contributed by atoms with Crippen LogP contribution in [0, 0.1) is 0 Å². The molecule has 1 aromatic rings. The predicted molar refractivity (Wildman–Crippen MR) is 62.3 cm³/mol. The molecule has 1 fully saturated rings. The minimum absolute atomic E-state index is 0.277. The molecule has 0 aliphatic carbocycles. The van der Waals surface area contributed by atoms with Gasteiger partial charge in [-0.15, -0.1) is 0 Å². The van der Waals surface area contributed by atoms with E-state index in [9.17, 15) is 4.79 Å². The van der Waals surface area contributed by atoms with Gasteiger partial charge < -0.3 is 14.0 Å². The maximum absolute atomic E-state index is 11.2. The molecule has 0 spiro atoms. The maximum atomic E-state index is 11.2. The van der Waals surface area contributed by atoms with Crippen molar-refractivity contribution in [3.8, 4) is 0 Å². The Morgan fingerprint density at radius 2 is 2.59 bits per heavy atom. The van der Waals surface area contributed by atoms with Gasteiger partial charge in [-0.25, -0.2) is 9.78 Å². The molecule has 5 heteroatoms. The largest absolute Gasteiger partial charge is 0.463 e. The number of imidazole rings is 1. The Morgan fingerprint density at radius 1 is 1.76 bits per heavy atom. The first-order valence-electron chi connectivity index (χ1n) is 5.76. The third-order valence-electron chi connectivity index (χ3n) is 2.61. The standard InChI is InChI=1S/C12H16N2O3/c1-2-16-12(15)4-3-10-7-13-9-14(10)8-11-5-6-17-11/h3-4,7,9,11H,2,5-6,8H2,1H3. The van der Waals surface area contributed by atoms with Crippen LogP contribution < -0.4 is 0 Å². The molecule has 2 rings (SSSR count). The van der Waals surface area contributed by atoms with Crippen molar-refractivity contribution in [2.24, 2.45) is 0 Å². The van der Waals surface area contributed by atoms with Crippen molar-refractivity contribution < 1.29 is 14.3 Å². The summed E-state index contributed by atoms with van der Waals surface area (Å²) >= 11 is 0. The van der Waals surface area contributed by atoms with Gasteiger partial charge in [0, 0.05) is 12.7 Å². The number of nitrogens with zero attached hydrogens (tertiary/aromatic N) is 2. The second-order valence-corrected chi connectivity index (χ2v) is 3.84. The normalized spacial score (nSPS) is 19.2. The summed E-state index contributed by atoms with van der Waals surface area (Å²) in [5.41, 5.74) is 0.883. The molecule has 0 radical (unpaired) electrons. The van der Waals surface area contributed by atoms with Crippen molar-refractivity contribution in [3.05, 3.63) is 24.3 Å². The second kappa shape index (κ2) is 5.63. The van der Waals surface area contributed by atoms with Crippen molar-refractivity contribution in [1.82, 2.24) is 9.55 Å². The molecule has 1 aliphatic heterocycles. The predicted octanol–water partition coefficient (Wildman–Crippen LogP) is 1.25. The van der Waals surface area contributed by atoms with Crippen molar-refractivity contribution in [1.29, 1.82) is 0 Å². The second-order valence-electron chi connectivity index (χ2n) is 3.84. The van der Waals surface area contributed by atoms with Gasteiger partial charge in [-0.3, -0.25) is 0 Å². The molecule has 92 valence electrons. The Labute approximate surface area is 100 Å². The summed E-state index contributed by atoms with van der Waals surface area (Å²) in [6, 6.07) is 0. The minimum atomic E-state index is -0.333. The first-order chi connectivity index (χ1) is 8.29. The molecule has 0 bridgehead atoms. The summed E-state index contributed by atoms with van der Waals surface area (Å²) < 4.78 is 12.1. The van der Waals surface area contributed by atoms with Crippen LogP contribution in [-0.2, 0) is 20.8 Å². The van der Waals surface area contributed by atoms with Crippen LogP contribution >= 0.6 is 0 Å². The fourth-order valence-electron chi connectivity index (χ4n) is 1.61. The van der Waals surface area contributed by atoms with Crippen molar-refractivity contribution in [2.45, 2.75) is 26.0 Å². The molecular formula is C12H16N2O3. The summed E-state index contributed by atoms with van der Waals surface area (Å²) in [6.45, 7) is 3.79. The van der Waals surface area contributed by atoms with Crippen LogP contribution in [0.4, 0.5) is 0 Å². The SMILES string of the molecule is CCOC(=O)C=Cc1cncn1CC1CCO1. The van der Waals surface area contributed by atoms with E-state index < -0.39 is 0 Å². The van der Waals surface area contributed by atoms with E-state index in [-0.39, 0.29) is 12.1 Å². The number of carbonyl (C=O) groups excluding carboxylic acids is 1. The topological polar surface area (TPSA) is 53.3 Å². The van der Waals surface area contributed by atoms with E-state index in [4.69, 9.17) is 9.47 Å². The molecule has 0 amide bonds. The van der Waals surface area contributed by atoms with E-state index in [1.165, 1.54) is 6.08 Å². The van der Waals surface area contributed by atoms with Gasteiger partial charge >= 0.3 is 5.97 Å². The summed E-state index contributed by atoms with van der Waals surface area (Å²) in [5.74, 6) is -0.333. The van der Waals surface area contributed by atoms with Gasteiger partial charge in [0.2, 0.25) is 0 Å². The number of rotatable bonds is 5. The van der Waals surface area contributed by atoms with Gasteiger partial charge in [0.1, 0.15) is 0 Å². The van der Waals surface area contributed by atoms with Crippen LogP contribution in [0.1, 0.15) is 19.0 Å². The molecule has 0 N–H and O–H groups in total. The van der Waals surface area contributed by atoms with Crippen LogP contribution in [0.2, 0.25) is 0 Å². The van der Waals surface area contributed by atoms with Crippen LogP contribution in [0.5, 0.6) is 0 Å². The van der Waals surface area contributed by atoms with Gasteiger partial charge in [0.15, 0.2) is 0 Å². The third-order valence-corrected chi connectivity index (χ3v) is 2.61. The van der Waals surface area contributed by atoms with Gasteiger partial charge in [-0.2, -0.15) is 0 Å². The van der Waals surface area contributed by atoms with Gasteiger partial charge in [0.25, 0.3) is 0 Å². The Morgan fingerprint density at radius 3 is 3.24 bits per heavy atom. The molecule has 2 heterocycles. The quantitative estimate of drug-likeness (QED) is 0.570. The summed E-state index contributed by atoms with van der Waals surface area (Å²) in [7, 11) is 0. The van der Waals surface area contributed by atoms with Crippen molar-refractivity contribution in [3.63, 3.8) is 0 Å². The lowest BCUT2D eigenvalue weighted by atomic mass is 10.2. The minimum Gasteiger partial charge on any atom is -0.463 e. The summed E-state index contributed by atoms with van der Waals surface area (Å²) in [4.78, 5) is 15.2. The lowest BCUT2D eigenvalue weighted by Gasteiger charge is -2.26. The van der Waals surface area contributed by atoms with E-state index in [0.717, 1.165) is 25.3 Å². The molecule has 0 saturated carbocycles. The lowest BCUT2D eigenvalue weighted by molar-refractivity contribution is -0.137. The van der Waals surface area contributed by atoms with Gasteiger partial charge in [0.05, 0.1) is 37.5 Å². The van der Waals surface area contributed by atoms with E-state index in [1.807, 2.05) is 4.57 Å². The molecule has 1 atom stereocenters. The fraction of sp³-hybridized carbons (Fsp3) is 0.500. The third kappa shape index (κ3) is 3.17. The molecule has 0 aromatic carbocycles. The number of esters is 1. The Bertz CT molecular complexity index is 408. The highest BCUT2D eigenvalue weighted by molar-refractivity contribution is 5.86. The number of hydrogen-bond donors (Lipinski definition) is 0. The zero-order valence-electron chi connectivity index (χ0n) is 9.83. The van der Waals surface area contributed by atoms with E-state index in [1.54, 1.807) is 25.5 Å². The molecule has 17 heavy (non-hydrogen) atoms. The number of aromatic nitrogens is 2. The number of carbonyl (C=O) groups is 1. The van der Waals surface area contributed by atoms with Gasteiger partial charge in [-0.05, 0) is 19.4 Å². The van der Waals surface area contributed by atoms with E-state index in [0.29, 0.717) is 6.61 Å². The van der Waals surface area contributed by atoms with Crippen LogP contribution in [0.25, 0.3) is 6.08 Å². The van der Waals surface area contributed by atoms with Crippen molar-refractivity contribution >= 4 is 12.0 Å².